The Morgan fingerprint density at radius 2 is 2.00 bits per heavy atom. The number of piperidine rings is 2. The van der Waals surface area contributed by atoms with E-state index in [4.69, 9.17) is 4.52 Å². The maximum atomic E-state index is 5.66. The van der Waals surface area contributed by atoms with Crippen LogP contribution in [0, 0.1) is 5.92 Å². The number of rotatable bonds is 3. The lowest BCUT2D eigenvalue weighted by Crippen LogP contribution is -2.51. The van der Waals surface area contributed by atoms with Crippen molar-refractivity contribution in [2.75, 3.05) is 19.6 Å². The van der Waals surface area contributed by atoms with E-state index in [1.54, 1.807) is 0 Å². The van der Waals surface area contributed by atoms with E-state index < -0.39 is 0 Å². The minimum absolute atomic E-state index is 0.727. The average Bonchev–Trinajstić information content (AvgIpc) is 3.16. The summed E-state index contributed by atoms with van der Waals surface area (Å²) in [5, 5.41) is 10.5. The molecule has 1 N–H and O–H groups in total. The molecule has 2 fully saturated rings. The van der Waals surface area contributed by atoms with Crippen molar-refractivity contribution in [2.24, 2.45) is 5.92 Å². The first-order valence-electron chi connectivity index (χ1n) is 9.76. The molecule has 2 aliphatic rings. The Hall–Kier alpha value is -2.17. The Balaban J connectivity index is 1.30. The zero-order valence-corrected chi connectivity index (χ0v) is 15.0. The van der Waals surface area contributed by atoms with Gasteiger partial charge in [0.15, 0.2) is 5.76 Å². The van der Waals surface area contributed by atoms with Gasteiger partial charge in [0.05, 0.1) is 5.69 Å². The zero-order valence-electron chi connectivity index (χ0n) is 15.0. The van der Waals surface area contributed by atoms with Crippen LogP contribution >= 0.6 is 0 Å². The number of likely N-dealkylation sites (tertiary alicyclic amines) is 1. The Kier molecular flexibility index (Phi) is 4.23. The summed E-state index contributed by atoms with van der Waals surface area (Å²) in [6, 6.07) is 17.7. The smallest absolute Gasteiger partial charge is 0.167 e. The van der Waals surface area contributed by atoms with Crippen molar-refractivity contribution >= 4 is 10.8 Å². The fraction of sp³-hybridized carbons (Fsp3) is 0.409. The first-order chi connectivity index (χ1) is 12.8. The monoisotopic (exact) mass is 347 g/mol. The van der Waals surface area contributed by atoms with Crippen molar-refractivity contribution in [2.45, 2.75) is 31.8 Å². The van der Waals surface area contributed by atoms with Crippen molar-refractivity contribution in [3.05, 3.63) is 54.2 Å². The van der Waals surface area contributed by atoms with Crippen molar-refractivity contribution in [1.29, 1.82) is 0 Å². The van der Waals surface area contributed by atoms with Crippen LogP contribution < -0.4 is 5.32 Å². The molecule has 0 spiro atoms. The van der Waals surface area contributed by atoms with Crippen LogP contribution in [0.2, 0.25) is 0 Å². The van der Waals surface area contributed by atoms with E-state index in [9.17, 15) is 0 Å². The minimum atomic E-state index is 0.727. The minimum Gasteiger partial charge on any atom is -0.356 e. The molecule has 4 nitrogen and oxygen atoms in total. The number of nitrogens with one attached hydrogen (secondary N) is 1. The summed E-state index contributed by atoms with van der Waals surface area (Å²) in [6.07, 6.45) is 3.92. The maximum Gasteiger partial charge on any atom is 0.167 e. The van der Waals surface area contributed by atoms with Crippen molar-refractivity contribution in [1.82, 2.24) is 15.4 Å². The van der Waals surface area contributed by atoms with Crippen LogP contribution in [0.5, 0.6) is 0 Å². The second-order valence-electron chi connectivity index (χ2n) is 7.73. The number of benzene rings is 2. The second kappa shape index (κ2) is 6.86. The molecule has 134 valence electrons. The molecule has 0 saturated carbocycles. The predicted molar refractivity (Wildman–Crippen MR) is 104 cm³/mol. The van der Waals surface area contributed by atoms with Crippen LogP contribution in [-0.2, 0) is 6.54 Å². The van der Waals surface area contributed by atoms with Crippen LogP contribution in [0.15, 0.2) is 53.1 Å². The van der Waals surface area contributed by atoms with Crippen LogP contribution in [0.1, 0.15) is 25.0 Å². The van der Waals surface area contributed by atoms with E-state index in [1.807, 2.05) is 0 Å². The summed E-state index contributed by atoms with van der Waals surface area (Å²) >= 11 is 0. The molecular weight excluding hydrogens is 322 g/mol. The average molecular weight is 347 g/mol. The largest absolute Gasteiger partial charge is 0.356 e. The van der Waals surface area contributed by atoms with E-state index in [2.05, 4.69) is 63.9 Å². The van der Waals surface area contributed by atoms with Crippen molar-refractivity contribution in [3.63, 3.8) is 0 Å². The molecule has 2 atom stereocenters. The standard InChI is InChI=1S/C22H25N3O/c1-2-5-17-12-18(8-7-16(17)4-1)22-13-20(24-26-22)15-25-11-9-21-19(14-25)6-3-10-23-21/h1-2,4-5,7-8,12-13,19,21,23H,3,6,9-11,14-15H2. The summed E-state index contributed by atoms with van der Waals surface area (Å²) in [5.41, 5.74) is 2.13. The van der Waals surface area contributed by atoms with Gasteiger partial charge in [-0.3, -0.25) is 4.90 Å². The maximum absolute atomic E-state index is 5.66. The van der Waals surface area contributed by atoms with Gasteiger partial charge in [-0.2, -0.15) is 0 Å². The van der Waals surface area contributed by atoms with Gasteiger partial charge in [0.25, 0.3) is 0 Å². The fourth-order valence-electron chi connectivity index (χ4n) is 4.56. The fourth-order valence-corrected chi connectivity index (χ4v) is 4.56. The highest BCUT2D eigenvalue weighted by atomic mass is 16.5. The number of nitrogens with zero attached hydrogens (tertiary/aromatic N) is 2. The van der Waals surface area contributed by atoms with Gasteiger partial charge in [-0.15, -0.1) is 0 Å². The van der Waals surface area contributed by atoms with E-state index >= 15 is 0 Å². The summed E-state index contributed by atoms with van der Waals surface area (Å²) < 4.78 is 5.66. The molecule has 2 saturated heterocycles. The van der Waals surface area contributed by atoms with E-state index in [0.717, 1.165) is 42.1 Å². The van der Waals surface area contributed by atoms with Gasteiger partial charge in [-0.05, 0) is 48.6 Å². The molecule has 2 aromatic carbocycles. The van der Waals surface area contributed by atoms with Gasteiger partial charge >= 0.3 is 0 Å². The topological polar surface area (TPSA) is 41.3 Å². The lowest BCUT2D eigenvalue weighted by molar-refractivity contribution is 0.107. The molecule has 0 bridgehead atoms. The number of hydrogen-bond donors (Lipinski definition) is 1. The van der Waals surface area contributed by atoms with Gasteiger partial charge in [-0.25, -0.2) is 0 Å². The lowest BCUT2D eigenvalue weighted by Gasteiger charge is -2.41. The van der Waals surface area contributed by atoms with Gasteiger partial charge in [0, 0.05) is 37.3 Å². The quantitative estimate of drug-likeness (QED) is 0.775. The SMILES string of the molecule is c1ccc2cc(-c3cc(CN4CCC5NCCCC5C4)no3)ccc2c1. The third-order valence-electron chi connectivity index (χ3n) is 5.95. The Bertz CT molecular complexity index is 903. The number of fused-ring (bicyclic) bond motifs is 2. The summed E-state index contributed by atoms with van der Waals surface area (Å²) in [5.74, 6) is 1.66. The molecule has 0 aliphatic carbocycles. The third kappa shape index (κ3) is 3.15. The highest BCUT2D eigenvalue weighted by molar-refractivity contribution is 5.86. The second-order valence-corrected chi connectivity index (χ2v) is 7.73. The van der Waals surface area contributed by atoms with Crippen LogP contribution in [0.25, 0.3) is 22.1 Å². The Morgan fingerprint density at radius 3 is 2.96 bits per heavy atom. The third-order valence-corrected chi connectivity index (χ3v) is 5.95. The number of hydrogen-bond acceptors (Lipinski definition) is 4. The molecule has 26 heavy (non-hydrogen) atoms. The predicted octanol–water partition coefficient (Wildman–Crippen LogP) is 4.07. The molecule has 1 aromatic heterocycles. The summed E-state index contributed by atoms with van der Waals surface area (Å²) in [6.45, 7) is 4.40. The van der Waals surface area contributed by atoms with Crippen LogP contribution in [0.3, 0.4) is 0 Å². The first kappa shape index (κ1) is 16.0. The molecule has 2 unspecified atom stereocenters. The zero-order chi connectivity index (χ0) is 17.3. The lowest BCUT2D eigenvalue weighted by atomic mass is 9.85. The molecule has 4 heteroatoms. The van der Waals surface area contributed by atoms with Gasteiger partial charge < -0.3 is 9.84 Å². The highest BCUT2D eigenvalue weighted by Crippen LogP contribution is 2.28. The Morgan fingerprint density at radius 1 is 1.08 bits per heavy atom. The molecular formula is C22H25N3O. The van der Waals surface area contributed by atoms with Gasteiger partial charge in [-0.1, -0.05) is 41.6 Å². The van der Waals surface area contributed by atoms with Crippen molar-refractivity contribution in [3.8, 4) is 11.3 Å². The van der Waals surface area contributed by atoms with E-state index in [-0.39, 0.29) is 0 Å². The van der Waals surface area contributed by atoms with Crippen molar-refractivity contribution < 1.29 is 4.52 Å². The van der Waals surface area contributed by atoms with E-state index in [0.29, 0.717) is 0 Å². The molecule has 3 heterocycles. The first-order valence-corrected chi connectivity index (χ1v) is 9.76. The molecule has 3 aromatic rings. The summed E-state index contributed by atoms with van der Waals surface area (Å²) in [7, 11) is 0. The van der Waals surface area contributed by atoms with E-state index in [1.165, 1.54) is 43.1 Å². The molecule has 0 amide bonds. The Labute approximate surface area is 154 Å². The van der Waals surface area contributed by atoms with Crippen LogP contribution in [-0.4, -0.2) is 35.7 Å². The summed E-state index contributed by atoms with van der Waals surface area (Å²) in [4.78, 5) is 2.54. The molecule has 2 aliphatic heterocycles. The van der Waals surface area contributed by atoms with Gasteiger partial charge in [0.2, 0.25) is 0 Å². The normalized spacial score (nSPS) is 23.8. The number of aromatic nitrogens is 1. The van der Waals surface area contributed by atoms with Gasteiger partial charge in [0.1, 0.15) is 0 Å². The molecule has 0 radical (unpaired) electrons. The highest BCUT2D eigenvalue weighted by Gasteiger charge is 2.31. The molecule has 5 rings (SSSR count). The van der Waals surface area contributed by atoms with Crippen LogP contribution in [0.4, 0.5) is 0 Å².